The molecular formula is C9H17Br. The SMILES string of the molecule is CCCCCC(C)=CCBr. The quantitative estimate of drug-likeness (QED) is 0.362. The summed E-state index contributed by atoms with van der Waals surface area (Å²) in [5.41, 5.74) is 1.52. The van der Waals surface area contributed by atoms with Crippen LogP contribution in [0, 0.1) is 0 Å². The van der Waals surface area contributed by atoms with E-state index >= 15 is 0 Å². The first kappa shape index (κ1) is 10.2. The minimum Gasteiger partial charge on any atom is -0.0883 e. The summed E-state index contributed by atoms with van der Waals surface area (Å²) in [5.74, 6) is 0. The van der Waals surface area contributed by atoms with Crippen LogP contribution in [-0.4, -0.2) is 5.33 Å². The van der Waals surface area contributed by atoms with E-state index in [1.165, 1.54) is 31.3 Å². The Morgan fingerprint density at radius 1 is 1.40 bits per heavy atom. The van der Waals surface area contributed by atoms with E-state index in [2.05, 4.69) is 35.9 Å². The molecule has 0 unspecified atom stereocenters. The number of hydrogen-bond donors (Lipinski definition) is 0. The lowest BCUT2D eigenvalue weighted by atomic mass is 10.1. The molecule has 0 heterocycles. The molecule has 0 amide bonds. The van der Waals surface area contributed by atoms with Crippen molar-refractivity contribution in [3.8, 4) is 0 Å². The van der Waals surface area contributed by atoms with Crippen molar-refractivity contribution in [2.75, 3.05) is 5.33 Å². The van der Waals surface area contributed by atoms with Crippen LogP contribution in [0.15, 0.2) is 11.6 Å². The van der Waals surface area contributed by atoms with Crippen molar-refractivity contribution in [1.82, 2.24) is 0 Å². The average molecular weight is 205 g/mol. The molecule has 60 valence electrons. The second-order valence-electron chi connectivity index (χ2n) is 2.66. The highest BCUT2D eigenvalue weighted by atomic mass is 79.9. The van der Waals surface area contributed by atoms with Gasteiger partial charge in [-0.15, -0.1) is 0 Å². The summed E-state index contributed by atoms with van der Waals surface area (Å²) in [6, 6.07) is 0. The summed E-state index contributed by atoms with van der Waals surface area (Å²) in [6.45, 7) is 4.44. The maximum atomic E-state index is 3.38. The lowest BCUT2D eigenvalue weighted by Gasteiger charge is -1.97. The van der Waals surface area contributed by atoms with E-state index < -0.39 is 0 Å². The normalized spacial score (nSPS) is 12.1. The minimum atomic E-state index is 1.00. The lowest BCUT2D eigenvalue weighted by Crippen LogP contribution is -1.78. The van der Waals surface area contributed by atoms with Crippen molar-refractivity contribution < 1.29 is 0 Å². The van der Waals surface area contributed by atoms with Crippen molar-refractivity contribution in [2.24, 2.45) is 0 Å². The molecule has 10 heavy (non-hydrogen) atoms. The van der Waals surface area contributed by atoms with Gasteiger partial charge in [0.05, 0.1) is 0 Å². The van der Waals surface area contributed by atoms with Gasteiger partial charge in [0.15, 0.2) is 0 Å². The summed E-state index contributed by atoms with van der Waals surface area (Å²) in [4.78, 5) is 0. The third-order valence-electron chi connectivity index (χ3n) is 1.60. The van der Waals surface area contributed by atoms with Gasteiger partial charge in [-0.1, -0.05) is 47.3 Å². The zero-order valence-electron chi connectivity index (χ0n) is 6.99. The zero-order valence-corrected chi connectivity index (χ0v) is 8.58. The lowest BCUT2D eigenvalue weighted by molar-refractivity contribution is 0.713. The van der Waals surface area contributed by atoms with Crippen molar-refractivity contribution >= 4 is 15.9 Å². The Hall–Kier alpha value is 0.220. The van der Waals surface area contributed by atoms with Gasteiger partial charge in [0, 0.05) is 5.33 Å². The third-order valence-corrected chi connectivity index (χ3v) is 1.92. The van der Waals surface area contributed by atoms with Crippen LogP contribution in [0.1, 0.15) is 39.5 Å². The highest BCUT2D eigenvalue weighted by Crippen LogP contribution is 2.07. The van der Waals surface area contributed by atoms with Crippen LogP contribution in [0.4, 0.5) is 0 Å². The first-order valence-electron chi connectivity index (χ1n) is 4.02. The van der Waals surface area contributed by atoms with E-state index in [9.17, 15) is 0 Å². The Morgan fingerprint density at radius 2 is 2.10 bits per heavy atom. The van der Waals surface area contributed by atoms with Crippen LogP contribution in [-0.2, 0) is 0 Å². The van der Waals surface area contributed by atoms with Crippen LogP contribution >= 0.6 is 15.9 Å². The van der Waals surface area contributed by atoms with Crippen molar-refractivity contribution in [3.05, 3.63) is 11.6 Å². The molecule has 0 bridgehead atoms. The topological polar surface area (TPSA) is 0 Å². The number of rotatable bonds is 5. The monoisotopic (exact) mass is 204 g/mol. The molecule has 0 spiro atoms. The molecule has 0 aliphatic rings. The van der Waals surface area contributed by atoms with Gasteiger partial charge in [-0.25, -0.2) is 0 Å². The maximum absolute atomic E-state index is 3.38. The Kier molecular flexibility index (Phi) is 7.49. The fourth-order valence-corrected chi connectivity index (χ4v) is 1.44. The number of alkyl halides is 1. The predicted molar refractivity (Wildman–Crippen MR) is 51.7 cm³/mol. The number of hydrogen-bond acceptors (Lipinski definition) is 0. The summed E-state index contributed by atoms with van der Waals surface area (Å²) in [5, 5.41) is 1.00. The fourth-order valence-electron chi connectivity index (χ4n) is 0.888. The van der Waals surface area contributed by atoms with Gasteiger partial charge in [0.25, 0.3) is 0 Å². The number of halogens is 1. The number of allylic oxidation sites excluding steroid dienone is 2. The maximum Gasteiger partial charge on any atom is 0.0214 e. The molecule has 1 heteroatoms. The molecule has 0 fully saturated rings. The summed E-state index contributed by atoms with van der Waals surface area (Å²) in [6.07, 6.45) is 7.57. The molecule has 0 radical (unpaired) electrons. The molecule has 0 rings (SSSR count). The highest BCUT2D eigenvalue weighted by Gasteiger charge is 1.88. The fraction of sp³-hybridized carbons (Fsp3) is 0.778. The smallest absolute Gasteiger partial charge is 0.0214 e. The molecule has 0 N–H and O–H groups in total. The molecule has 0 aromatic rings. The molecule has 0 nitrogen and oxygen atoms in total. The highest BCUT2D eigenvalue weighted by molar-refractivity contribution is 9.09. The Bertz CT molecular complexity index is 94.9. The first-order valence-corrected chi connectivity index (χ1v) is 5.15. The molecule has 0 saturated carbocycles. The van der Waals surface area contributed by atoms with E-state index in [0.717, 1.165) is 5.33 Å². The molecule has 0 saturated heterocycles. The Labute approximate surface area is 72.8 Å². The molecule has 0 atom stereocenters. The Balaban J connectivity index is 3.21. The standard InChI is InChI=1S/C9H17Br/c1-3-4-5-6-9(2)7-8-10/h7H,3-6,8H2,1-2H3. The molecule has 0 aromatic heterocycles. The largest absolute Gasteiger partial charge is 0.0883 e. The van der Waals surface area contributed by atoms with Gasteiger partial charge >= 0.3 is 0 Å². The zero-order chi connectivity index (χ0) is 7.82. The van der Waals surface area contributed by atoms with E-state index in [1.54, 1.807) is 0 Å². The van der Waals surface area contributed by atoms with Crippen molar-refractivity contribution in [2.45, 2.75) is 39.5 Å². The second kappa shape index (κ2) is 7.33. The van der Waals surface area contributed by atoms with Crippen LogP contribution in [0.3, 0.4) is 0 Å². The van der Waals surface area contributed by atoms with E-state index in [0.29, 0.717) is 0 Å². The second-order valence-corrected chi connectivity index (χ2v) is 3.31. The summed E-state index contributed by atoms with van der Waals surface area (Å²) >= 11 is 3.38. The van der Waals surface area contributed by atoms with Gasteiger partial charge in [0.1, 0.15) is 0 Å². The van der Waals surface area contributed by atoms with Gasteiger partial charge in [-0.2, -0.15) is 0 Å². The van der Waals surface area contributed by atoms with Gasteiger partial charge < -0.3 is 0 Å². The van der Waals surface area contributed by atoms with Crippen LogP contribution in [0.25, 0.3) is 0 Å². The summed E-state index contributed by atoms with van der Waals surface area (Å²) in [7, 11) is 0. The van der Waals surface area contributed by atoms with E-state index in [1.807, 2.05) is 0 Å². The molecular weight excluding hydrogens is 188 g/mol. The molecule has 0 aliphatic carbocycles. The van der Waals surface area contributed by atoms with Crippen molar-refractivity contribution in [3.63, 3.8) is 0 Å². The average Bonchev–Trinajstić information content (AvgIpc) is 1.89. The van der Waals surface area contributed by atoms with E-state index in [-0.39, 0.29) is 0 Å². The first-order chi connectivity index (χ1) is 4.81. The third kappa shape index (κ3) is 6.34. The summed E-state index contributed by atoms with van der Waals surface area (Å²) < 4.78 is 0. The molecule has 0 aliphatic heterocycles. The minimum absolute atomic E-state index is 1.00. The Morgan fingerprint density at radius 3 is 2.60 bits per heavy atom. The predicted octanol–water partition coefficient (Wildman–Crippen LogP) is 3.91. The van der Waals surface area contributed by atoms with Crippen LogP contribution < -0.4 is 0 Å². The number of unbranched alkanes of at least 4 members (excludes halogenated alkanes) is 2. The van der Waals surface area contributed by atoms with Crippen LogP contribution in [0.5, 0.6) is 0 Å². The van der Waals surface area contributed by atoms with Crippen molar-refractivity contribution in [1.29, 1.82) is 0 Å². The van der Waals surface area contributed by atoms with Crippen LogP contribution in [0.2, 0.25) is 0 Å². The van der Waals surface area contributed by atoms with Gasteiger partial charge in [-0.05, 0) is 19.8 Å². The van der Waals surface area contributed by atoms with E-state index in [4.69, 9.17) is 0 Å². The van der Waals surface area contributed by atoms with Gasteiger partial charge in [0.2, 0.25) is 0 Å². The molecule has 0 aromatic carbocycles. The van der Waals surface area contributed by atoms with Gasteiger partial charge in [-0.3, -0.25) is 0 Å².